The second-order valence-electron chi connectivity index (χ2n) is 9.01. The van der Waals surface area contributed by atoms with Crippen LogP contribution in [0, 0.1) is 5.92 Å². The zero-order chi connectivity index (χ0) is 25.1. The van der Waals surface area contributed by atoms with E-state index in [2.05, 4.69) is 6.07 Å². The van der Waals surface area contributed by atoms with Crippen LogP contribution in [0.3, 0.4) is 0 Å². The highest BCUT2D eigenvalue weighted by molar-refractivity contribution is 7.10. The van der Waals surface area contributed by atoms with E-state index in [0.717, 1.165) is 17.5 Å². The topological polar surface area (TPSA) is 49.9 Å². The summed E-state index contributed by atoms with van der Waals surface area (Å²) < 4.78 is 5.21. The van der Waals surface area contributed by atoms with Crippen molar-refractivity contribution in [1.29, 1.82) is 0 Å². The van der Waals surface area contributed by atoms with Crippen LogP contribution in [0.1, 0.15) is 46.3 Å². The summed E-state index contributed by atoms with van der Waals surface area (Å²) in [6.07, 6.45) is 0.775. The van der Waals surface area contributed by atoms with Gasteiger partial charge in [-0.05, 0) is 71.3 Å². The Balaban J connectivity index is 1.63. The number of fused-ring (bicyclic) bond motifs is 1. The number of thiophene rings is 1. The lowest BCUT2D eigenvalue weighted by atomic mass is 9.93. The molecule has 4 rings (SSSR count). The summed E-state index contributed by atoms with van der Waals surface area (Å²) in [7, 11) is 1.58. The molecule has 0 fully saturated rings. The summed E-state index contributed by atoms with van der Waals surface area (Å²) >= 11 is 14.4. The van der Waals surface area contributed by atoms with Crippen LogP contribution in [0.5, 0.6) is 5.75 Å². The van der Waals surface area contributed by atoms with Crippen molar-refractivity contribution in [2.75, 3.05) is 26.7 Å². The van der Waals surface area contributed by atoms with Crippen LogP contribution in [0.15, 0.2) is 53.9 Å². The second-order valence-corrected chi connectivity index (χ2v) is 10.9. The summed E-state index contributed by atoms with van der Waals surface area (Å²) in [6, 6.07) is 14.1. The van der Waals surface area contributed by atoms with E-state index in [-0.39, 0.29) is 30.3 Å². The lowest BCUT2D eigenvalue weighted by molar-refractivity contribution is -0.134. The van der Waals surface area contributed by atoms with E-state index in [1.54, 1.807) is 59.7 Å². The maximum atomic E-state index is 13.8. The molecule has 184 valence electrons. The lowest BCUT2D eigenvalue weighted by Gasteiger charge is -2.38. The minimum Gasteiger partial charge on any atom is -0.497 e. The van der Waals surface area contributed by atoms with Gasteiger partial charge >= 0.3 is 0 Å². The molecule has 35 heavy (non-hydrogen) atoms. The van der Waals surface area contributed by atoms with Crippen molar-refractivity contribution >= 4 is 46.4 Å². The van der Waals surface area contributed by atoms with Gasteiger partial charge in [0, 0.05) is 33.6 Å². The van der Waals surface area contributed by atoms with E-state index in [1.807, 2.05) is 30.2 Å². The van der Waals surface area contributed by atoms with E-state index in [4.69, 9.17) is 27.9 Å². The third-order valence-corrected chi connectivity index (χ3v) is 7.64. The van der Waals surface area contributed by atoms with Crippen LogP contribution in [-0.4, -0.2) is 48.4 Å². The lowest BCUT2D eigenvalue weighted by Crippen LogP contribution is -2.47. The first-order valence-electron chi connectivity index (χ1n) is 11.5. The normalized spacial score (nSPS) is 15.1. The monoisotopic (exact) mass is 530 g/mol. The number of amides is 2. The van der Waals surface area contributed by atoms with Gasteiger partial charge in [0.15, 0.2) is 0 Å². The van der Waals surface area contributed by atoms with Gasteiger partial charge in [0.05, 0.1) is 13.2 Å². The summed E-state index contributed by atoms with van der Waals surface area (Å²) in [5.41, 5.74) is 2.44. The number of methoxy groups -OCH3 is 1. The van der Waals surface area contributed by atoms with E-state index in [0.29, 0.717) is 34.4 Å². The van der Waals surface area contributed by atoms with Gasteiger partial charge in [0.1, 0.15) is 12.3 Å². The molecule has 0 N–H and O–H groups in total. The number of nitrogens with zero attached hydrogens (tertiary/aromatic N) is 2. The molecule has 2 aromatic carbocycles. The van der Waals surface area contributed by atoms with Crippen LogP contribution in [-0.2, 0) is 11.2 Å². The Morgan fingerprint density at radius 3 is 2.51 bits per heavy atom. The number of hydrogen-bond acceptors (Lipinski definition) is 4. The number of hydrogen-bond donors (Lipinski definition) is 0. The van der Waals surface area contributed by atoms with Gasteiger partial charge < -0.3 is 14.5 Å². The standard InChI is InChI=1S/C27H28Cl2N2O3S/c1-17(2)15-30(27(33)18-4-7-20(34-3)8-5-18)16-25(32)31-12-10-24-22(11-13-35-24)26(31)21-9-6-19(28)14-23(21)29/h4-9,11,13-14,17,26H,10,12,15-16H2,1-3H3. The van der Waals surface area contributed by atoms with Gasteiger partial charge in [0.25, 0.3) is 5.91 Å². The summed E-state index contributed by atoms with van der Waals surface area (Å²) in [4.78, 5) is 31.9. The molecule has 0 aliphatic carbocycles. The molecule has 2 amide bonds. The number of benzene rings is 2. The first-order chi connectivity index (χ1) is 16.8. The van der Waals surface area contributed by atoms with Gasteiger partial charge in [0.2, 0.25) is 5.91 Å². The van der Waals surface area contributed by atoms with Gasteiger partial charge in [-0.15, -0.1) is 11.3 Å². The minimum atomic E-state index is -0.320. The van der Waals surface area contributed by atoms with E-state index < -0.39 is 0 Å². The molecular weight excluding hydrogens is 503 g/mol. The third-order valence-electron chi connectivity index (χ3n) is 6.08. The number of rotatable bonds is 7. The zero-order valence-corrected chi connectivity index (χ0v) is 22.3. The van der Waals surface area contributed by atoms with Gasteiger partial charge in [-0.3, -0.25) is 9.59 Å². The van der Waals surface area contributed by atoms with Crippen LogP contribution in [0.25, 0.3) is 0 Å². The Morgan fingerprint density at radius 2 is 1.86 bits per heavy atom. The van der Waals surface area contributed by atoms with Crippen molar-refractivity contribution in [1.82, 2.24) is 9.80 Å². The highest BCUT2D eigenvalue weighted by Crippen LogP contribution is 2.41. The average Bonchev–Trinajstić information content (AvgIpc) is 3.31. The van der Waals surface area contributed by atoms with Crippen molar-refractivity contribution in [3.63, 3.8) is 0 Å². The summed E-state index contributed by atoms with van der Waals surface area (Å²) in [5, 5.41) is 3.12. The summed E-state index contributed by atoms with van der Waals surface area (Å²) in [5.74, 6) is 0.594. The van der Waals surface area contributed by atoms with E-state index in [9.17, 15) is 9.59 Å². The van der Waals surface area contributed by atoms with Crippen molar-refractivity contribution in [3.8, 4) is 5.75 Å². The molecule has 0 saturated heterocycles. The van der Waals surface area contributed by atoms with Crippen molar-refractivity contribution in [3.05, 3.63) is 85.5 Å². The first kappa shape index (κ1) is 25.5. The predicted octanol–water partition coefficient (Wildman–Crippen LogP) is 6.34. The van der Waals surface area contributed by atoms with Crippen LogP contribution in [0.4, 0.5) is 0 Å². The number of carbonyl (C=O) groups excluding carboxylic acids is 2. The molecule has 1 aliphatic heterocycles. The average molecular weight is 532 g/mol. The first-order valence-corrected chi connectivity index (χ1v) is 13.2. The Labute approximate surface area is 220 Å². The van der Waals surface area contributed by atoms with Crippen molar-refractivity contribution < 1.29 is 14.3 Å². The molecule has 8 heteroatoms. The van der Waals surface area contributed by atoms with Gasteiger partial charge in [-0.1, -0.05) is 43.1 Å². The van der Waals surface area contributed by atoms with Crippen LogP contribution in [0.2, 0.25) is 10.0 Å². The zero-order valence-electron chi connectivity index (χ0n) is 20.0. The molecule has 1 aliphatic rings. The third kappa shape index (κ3) is 5.66. The Kier molecular flexibility index (Phi) is 8.05. The molecule has 3 aromatic rings. The van der Waals surface area contributed by atoms with Crippen LogP contribution < -0.4 is 4.74 Å². The SMILES string of the molecule is COc1ccc(C(=O)N(CC(=O)N2CCc3sccc3C2c2ccc(Cl)cc2Cl)CC(C)C)cc1. The van der Waals surface area contributed by atoms with E-state index in [1.165, 1.54) is 4.88 Å². The Hall–Kier alpha value is -2.54. The minimum absolute atomic E-state index is 0.00970. The molecule has 5 nitrogen and oxygen atoms in total. The molecule has 0 saturated carbocycles. The molecule has 0 radical (unpaired) electrons. The summed E-state index contributed by atoms with van der Waals surface area (Å²) in [6.45, 7) is 5.09. The fraction of sp³-hybridized carbons (Fsp3) is 0.333. The Bertz CT molecular complexity index is 1210. The molecule has 0 spiro atoms. The van der Waals surface area contributed by atoms with Gasteiger partial charge in [-0.25, -0.2) is 0 Å². The molecule has 1 aromatic heterocycles. The smallest absolute Gasteiger partial charge is 0.254 e. The number of carbonyl (C=O) groups is 2. The molecule has 1 atom stereocenters. The highest BCUT2D eigenvalue weighted by Gasteiger charge is 2.35. The van der Waals surface area contributed by atoms with Crippen molar-refractivity contribution in [2.24, 2.45) is 5.92 Å². The number of ether oxygens (including phenoxy) is 1. The molecule has 2 heterocycles. The molecule has 0 bridgehead atoms. The number of halogens is 2. The fourth-order valence-electron chi connectivity index (χ4n) is 4.47. The Morgan fingerprint density at radius 1 is 1.11 bits per heavy atom. The molecule has 1 unspecified atom stereocenters. The maximum Gasteiger partial charge on any atom is 0.254 e. The van der Waals surface area contributed by atoms with Crippen LogP contribution >= 0.6 is 34.5 Å². The highest BCUT2D eigenvalue weighted by atomic mass is 35.5. The fourth-order valence-corrected chi connectivity index (χ4v) is 5.89. The largest absolute Gasteiger partial charge is 0.497 e. The van der Waals surface area contributed by atoms with Crippen molar-refractivity contribution in [2.45, 2.75) is 26.3 Å². The predicted molar refractivity (Wildman–Crippen MR) is 142 cm³/mol. The van der Waals surface area contributed by atoms with E-state index >= 15 is 0 Å². The molecular formula is C27H28Cl2N2O3S. The van der Waals surface area contributed by atoms with Gasteiger partial charge in [-0.2, -0.15) is 0 Å². The second kappa shape index (κ2) is 11.0. The maximum absolute atomic E-state index is 13.8. The quantitative estimate of drug-likeness (QED) is 0.358.